The van der Waals surface area contributed by atoms with Gasteiger partial charge in [0.2, 0.25) is 0 Å². The van der Waals surface area contributed by atoms with E-state index in [9.17, 15) is 24.8 Å². The van der Waals surface area contributed by atoms with Crippen molar-refractivity contribution in [1.29, 1.82) is 0 Å². The highest BCUT2D eigenvalue weighted by atomic mass is 79.9. The van der Waals surface area contributed by atoms with Crippen LogP contribution in [0.2, 0.25) is 0 Å². The van der Waals surface area contributed by atoms with Crippen LogP contribution in [0.5, 0.6) is 0 Å². The van der Waals surface area contributed by atoms with E-state index in [2.05, 4.69) is 15.9 Å². The number of ether oxygens (including phenoxy) is 1. The fraction of sp³-hybridized carbons (Fsp3) is 0.304. The molecule has 0 aliphatic carbocycles. The average Bonchev–Trinajstić information content (AvgIpc) is 3.01. The summed E-state index contributed by atoms with van der Waals surface area (Å²) in [5.74, 6) is -2.00. The van der Waals surface area contributed by atoms with Gasteiger partial charge in [-0.25, -0.2) is 0 Å². The Kier molecular flexibility index (Phi) is 7.42. The maximum Gasteiger partial charge on any atom is 0.295 e. The zero-order chi connectivity index (χ0) is 23.4. The summed E-state index contributed by atoms with van der Waals surface area (Å²) in [6.07, 6.45) is 0.552. The van der Waals surface area contributed by atoms with Crippen LogP contribution in [0.3, 0.4) is 0 Å². The molecule has 1 amide bonds. The van der Waals surface area contributed by atoms with Gasteiger partial charge in [0, 0.05) is 35.3 Å². The molecule has 1 saturated heterocycles. The molecule has 3 rings (SSSR count). The van der Waals surface area contributed by atoms with Crippen molar-refractivity contribution in [2.75, 3.05) is 13.2 Å². The second kappa shape index (κ2) is 10.1. The van der Waals surface area contributed by atoms with Crippen LogP contribution in [0.4, 0.5) is 5.69 Å². The zero-order valence-electron chi connectivity index (χ0n) is 17.7. The van der Waals surface area contributed by atoms with Gasteiger partial charge in [0.25, 0.3) is 17.4 Å². The molecule has 168 valence electrons. The van der Waals surface area contributed by atoms with E-state index < -0.39 is 28.4 Å². The van der Waals surface area contributed by atoms with Gasteiger partial charge in [-0.3, -0.25) is 19.7 Å². The molecule has 1 atom stereocenters. The molecule has 0 saturated carbocycles. The fourth-order valence-electron chi connectivity index (χ4n) is 3.58. The third-order valence-electron chi connectivity index (χ3n) is 5.05. The first-order chi connectivity index (χ1) is 15.2. The number of non-ortho nitro benzene ring substituents is 1. The van der Waals surface area contributed by atoms with Crippen molar-refractivity contribution < 1.29 is 24.4 Å². The van der Waals surface area contributed by atoms with Gasteiger partial charge in [0.05, 0.1) is 22.6 Å². The largest absolute Gasteiger partial charge is 0.507 e. The number of aliphatic hydroxyl groups is 1. The highest BCUT2D eigenvalue weighted by molar-refractivity contribution is 9.10. The van der Waals surface area contributed by atoms with Crippen LogP contribution in [-0.2, 0) is 14.3 Å². The number of aliphatic hydroxyl groups excluding tert-OH is 1. The molecule has 1 heterocycles. The van der Waals surface area contributed by atoms with Gasteiger partial charge in [-0.2, -0.15) is 0 Å². The minimum absolute atomic E-state index is 0.0431. The number of amides is 1. The van der Waals surface area contributed by atoms with E-state index in [4.69, 9.17) is 4.74 Å². The SMILES string of the molecule is CC(C)OCCCN1C(=O)C(=O)C(=C(O)c2cccc([N+](=O)[O-])c2)[C@H]1c1ccc(Br)cc1. The van der Waals surface area contributed by atoms with E-state index in [1.807, 2.05) is 13.8 Å². The second-order valence-corrected chi connectivity index (χ2v) is 8.54. The van der Waals surface area contributed by atoms with Gasteiger partial charge >= 0.3 is 0 Å². The number of nitro groups is 1. The molecule has 2 aromatic carbocycles. The van der Waals surface area contributed by atoms with Gasteiger partial charge in [0.15, 0.2) is 0 Å². The molecule has 0 spiro atoms. The summed E-state index contributed by atoms with van der Waals surface area (Å²) < 4.78 is 6.37. The molecule has 9 heteroatoms. The zero-order valence-corrected chi connectivity index (χ0v) is 19.2. The lowest BCUT2D eigenvalue weighted by atomic mass is 9.95. The van der Waals surface area contributed by atoms with E-state index in [0.717, 1.165) is 4.47 Å². The third kappa shape index (κ3) is 5.05. The number of hydrogen-bond acceptors (Lipinski definition) is 6. The van der Waals surface area contributed by atoms with Crippen molar-refractivity contribution >= 4 is 39.1 Å². The van der Waals surface area contributed by atoms with Crippen LogP contribution in [0.1, 0.15) is 37.4 Å². The molecule has 0 bridgehead atoms. The number of benzene rings is 2. The molecular weight excluding hydrogens is 480 g/mol. The number of likely N-dealkylation sites (tertiary alicyclic amines) is 1. The summed E-state index contributed by atoms with van der Waals surface area (Å²) >= 11 is 3.37. The summed E-state index contributed by atoms with van der Waals surface area (Å²) in [5.41, 5.74) is 0.420. The van der Waals surface area contributed by atoms with Gasteiger partial charge in [-0.05, 0) is 38.0 Å². The van der Waals surface area contributed by atoms with Crippen molar-refractivity contribution in [3.8, 4) is 0 Å². The summed E-state index contributed by atoms with van der Waals surface area (Å²) in [6.45, 7) is 4.49. The number of carbonyl (C=O) groups excluding carboxylic acids is 2. The molecule has 0 unspecified atom stereocenters. The highest BCUT2D eigenvalue weighted by Gasteiger charge is 2.45. The molecule has 8 nitrogen and oxygen atoms in total. The van der Waals surface area contributed by atoms with Crippen molar-refractivity contribution in [2.45, 2.75) is 32.4 Å². The van der Waals surface area contributed by atoms with Crippen LogP contribution in [0, 0.1) is 10.1 Å². The Bertz CT molecular complexity index is 1060. The van der Waals surface area contributed by atoms with Crippen LogP contribution in [0.25, 0.3) is 5.76 Å². The standard InChI is InChI=1S/C23H23BrN2O6/c1-14(2)32-12-4-11-25-20(15-7-9-17(24)10-8-15)19(22(28)23(25)29)21(27)16-5-3-6-18(13-16)26(30)31/h3,5-10,13-14,20,27H,4,11-12H2,1-2H3/t20-/m1/s1. The molecule has 32 heavy (non-hydrogen) atoms. The fourth-order valence-corrected chi connectivity index (χ4v) is 3.84. The van der Waals surface area contributed by atoms with Crippen molar-refractivity contribution in [2.24, 2.45) is 0 Å². The minimum Gasteiger partial charge on any atom is -0.507 e. The smallest absolute Gasteiger partial charge is 0.295 e. The first-order valence-electron chi connectivity index (χ1n) is 10.1. The number of nitro benzene ring substituents is 1. The molecule has 1 fully saturated rings. The van der Waals surface area contributed by atoms with E-state index in [1.54, 1.807) is 24.3 Å². The van der Waals surface area contributed by atoms with E-state index in [0.29, 0.717) is 18.6 Å². The Balaban J connectivity index is 2.06. The van der Waals surface area contributed by atoms with Crippen LogP contribution in [-0.4, -0.2) is 45.9 Å². The molecule has 0 radical (unpaired) electrons. The Hall–Kier alpha value is -3.04. The normalized spacial score (nSPS) is 17.9. The number of halogens is 1. The van der Waals surface area contributed by atoms with Gasteiger partial charge < -0.3 is 14.7 Å². The summed E-state index contributed by atoms with van der Waals surface area (Å²) in [5, 5.41) is 22.1. The number of nitrogens with zero attached hydrogens (tertiary/aromatic N) is 2. The molecule has 2 aromatic rings. The number of Topliss-reactive ketones (excluding diaryl/α,β-unsaturated/α-hetero) is 1. The van der Waals surface area contributed by atoms with Gasteiger partial charge in [-0.1, -0.05) is 40.2 Å². The second-order valence-electron chi connectivity index (χ2n) is 7.62. The third-order valence-corrected chi connectivity index (χ3v) is 5.58. The van der Waals surface area contributed by atoms with Crippen molar-refractivity contribution in [3.05, 3.63) is 79.8 Å². The predicted octanol–water partition coefficient (Wildman–Crippen LogP) is 4.59. The lowest BCUT2D eigenvalue weighted by Crippen LogP contribution is -2.31. The molecule has 1 aliphatic heterocycles. The summed E-state index contributed by atoms with van der Waals surface area (Å²) in [6, 6.07) is 11.6. The summed E-state index contributed by atoms with van der Waals surface area (Å²) in [4.78, 5) is 37.8. The molecular formula is C23H23BrN2O6. The van der Waals surface area contributed by atoms with E-state index in [-0.39, 0.29) is 29.5 Å². The first kappa shape index (κ1) is 23.6. The molecule has 1 aliphatic rings. The first-order valence-corrected chi connectivity index (χ1v) is 10.9. The van der Waals surface area contributed by atoms with Gasteiger partial charge in [0.1, 0.15) is 5.76 Å². The van der Waals surface area contributed by atoms with Crippen molar-refractivity contribution in [3.63, 3.8) is 0 Å². The van der Waals surface area contributed by atoms with Crippen molar-refractivity contribution in [1.82, 2.24) is 4.90 Å². The molecule has 0 aromatic heterocycles. The average molecular weight is 503 g/mol. The topological polar surface area (TPSA) is 110 Å². The number of hydrogen-bond donors (Lipinski definition) is 1. The number of ketones is 1. The monoisotopic (exact) mass is 502 g/mol. The Morgan fingerprint density at radius 3 is 2.53 bits per heavy atom. The Morgan fingerprint density at radius 2 is 1.91 bits per heavy atom. The lowest BCUT2D eigenvalue weighted by Gasteiger charge is -2.25. The maximum absolute atomic E-state index is 13.0. The summed E-state index contributed by atoms with van der Waals surface area (Å²) in [7, 11) is 0. The van der Waals surface area contributed by atoms with Crippen LogP contribution in [0.15, 0.2) is 58.6 Å². The van der Waals surface area contributed by atoms with Crippen LogP contribution >= 0.6 is 15.9 Å². The van der Waals surface area contributed by atoms with Gasteiger partial charge in [-0.15, -0.1) is 0 Å². The molecule has 1 N–H and O–H groups in total. The Labute approximate surface area is 193 Å². The lowest BCUT2D eigenvalue weighted by molar-refractivity contribution is -0.384. The predicted molar refractivity (Wildman–Crippen MR) is 122 cm³/mol. The quantitative estimate of drug-likeness (QED) is 0.141. The highest BCUT2D eigenvalue weighted by Crippen LogP contribution is 2.40. The Morgan fingerprint density at radius 1 is 1.22 bits per heavy atom. The van der Waals surface area contributed by atoms with E-state index in [1.165, 1.54) is 29.2 Å². The van der Waals surface area contributed by atoms with Crippen LogP contribution < -0.4 is 0 Å². The maximum atomic E-state index is 13.0. The number of rotatable bonds is 8. The minimum atomic E-state index is -0.827. The number of carbonyl (C=O) groups is 2. The van der Waals surface area contributed by atoms with E-state index >= 15 is 0 Å².